The Balaban J connectivity index is 1.61. The van der Waals surface area contributed by atoms with E-state index in [2.05, 4.69) is 4.98 Å². The van der Waals surface area contributed by atoms with E-state index in [-0.39, 0.29) is 18.0 Å². The van der Waals surface area contributed by atoms with Crippen LogP contribution in [0.2, 0.25) is 5.02 Å². The highest BCUT2D eigenvalue weighted by Gasteiger charge is 2.23. The van der Waals surface area contributed by atoms with Gasteiger partial charge in [-0.15, -0.1) is 11.3 Å². The normalized spacial score (nSPS) is 10.5. The minimum Gasteiger partial charge on any atom is -0.465 e. The summed E-state index contributed by atoms with van der Waals surface area (Å²) in [4.78, 5) is 41.2. The Hall–Kier alpha value is -4.28. The average molecular weight is 524 g/mol. The quantitative estimate of drug-likeness (QED) is 0.157. The lowest BCUT2D eigenvalue weighted by molar-refractivity contribution is -0.384. The van der Waals surface area contributed by atoms with E-state index in [1.54, 1.807) is 36.4 Å². The summed E-state index contributed by atoms with van der Waals surface area (Å²) >= 11 is 7.23. The largest absolute Gasteiger partial charge is 0.465 e. The Morgan fingerprint density at radius 2 is 1.69 bits per heavy atom. The molecule has 0 aliphatic rings. The molecule has 0 N–H and O–H groups in total. The van der Waals surface area contributed by atoms with Gasteiger partial charge in [0.25, 0.3) is 5.69 Å². The monoisotopic (exact) mass is 523 g/mol. The van der Waals surface area contributed by atoms with Gasteiger partial charge in [-0.3, -0.25) is 10.1 Å². The third kappa shape index (κ3) is 5.85. The van der Waals surface area contributed by atoms with Crippen molar-refractivity contribution in [1.29, 1.82) is 0 Å². The van der Waals surface area contributed by atoms with Gasteiger partial charge in [0.1, 0.15) is 5.75 Å². The fourth-order valence-corrected chi connectivity index (χ4v) is 4.14. The van der Waals surface area contributed by atoms with Crippen LogP contribution in [-0.4, -0.2) is 29.1 Å². The van der Waals surface area contributed by atoms with E-state index >= 15 is 0 Å². The standard InChI is InChI=1S/C25H18ClN3O6S/c1-34-23(30)18-4-2-16(3-5-18)14-28(25(31)35-21-12-10-20(11-13-21)29(32)33)24-27-22(15-36-24)17-6-8-19(26)9-7-17/h2-13,15H,14H2,1H3. The number of anilines is 1. The zero-order valence-corrected chi connectivity index (χ0v) is 20.4. The van der Waals surface area contributed by atoms with Crippen molar-refractivity contribution in [2.75, 3.05) is 12.0 Å². The van der Waals surface area contributed by atoms with E-state index < -0.39 is 17.0 Å². The van der Waals surface area contributed by atoms with Crippen LogP contribution in [0.1, 0.15) is 15.9 Å². The van der Waals surface area contributed by atoms with Gasteiger partial charge in [0.2, 0.25) is 0 Å². The van der Waals surface area contributed by atoms with Gasteiger partial charge in [-0.1, -0.05) is 35.9 Å². The number of non-ortho nitro benzene ring substituents is 1. The molecule has 0 saturated heterocycles. The number of hydrogen-bond donors (Lipinski definition) is 0. The Labute approximate surface area is 214 Å². The van der Waals surface area contributed by atoms with Gasteiger partial charge >= 0.3 is 12.1 Å². The predicted octanol–water partition coefficient (Wildman–Crippen LogP) is 6.36. The molecule has 11 heteroatoms. The molecule has 0 saturated carbocycles. The number of halogens is 1. The van der Waals surface area contributed by atoms with Crippen molar-refractivity contribution >= 4 is 45.8 Å². The number of benzene rings is 3. The summed E-state index contributed by atoms with van der Waals surface area (Å²) in [7, 11) is 1.30. The van der Waals surface area contributed by atoms with E-state index in [4.69, 9.17) is 21.1 Å². The number of methoxy groups -OCH3 is 1. The van der Waals surface area contributed by atoms with Crippen molar-refractivity contribution in [3.63, 3.8) is 0 Å². The van der Waals surface area contributed by atoms with E-state index in [0.717, 1.165) is 5.56 Å². The van der Waals surface area contributed by atoms with Crippen molar-refractivity contribution in [2.24, 2.45) is 0 Å². The summed E-state index contributed by atoms with van der Waals surface area (Å²) in [6.07, 6.45) is -0.724. The summed E-state index contributed by atoms with van der Waals surface area (Å²) in [6, 6.07) is 18.9. The van der Waals surface area contributed by atoms with Gasteiger partial charge in [0.05, 0.1) is 29.8 Å². The first-order chi connectivity index (χ1) is 17.3. The lowest BCUT2D eigenvalue weighted by atomic mass is 10.1. The number of amides is 1. The first-order valence-corrected chi connectivity index (χ1v) is 11.7. The number of nitro benzene ring substituents is 1. The van der Waals surface area contributed by atoms with Gasteiger partial charge in [-0.25, -0.2) is 19.5 Å². The molecule has 36 heavy (non-hydrogen) atoms. The highest BCUT2D eigenvalue weighted by molar-refractivity contribution is 7.14. The number of nitrogens with zero attached hydrogens (tertiary/aromatic N) is 3. The van der Waals surface area contributed by atoms with Crippen LogP contribution in [0.5, 0.6) is 5.75 Å². The smallest absolute Gasteiger partial charge is 0.421 e. The second kappa shape index (κ2) is 11.0. The van der Waals surface area contributed by atoms with Crippen LogP contribution in [0.25, 0.3) is 11.3 Å². The lowest BCUT2D eigenvalue weighted by Gasteiger charge is -2.19. The highest BCUT2D eigenvalue weighted by Crippen LogP contribution is 2.30. The summed E-state index contributed by atoms with van der Waals surface area (Å²) < 4.78 is 10.2. The third-order valence-electron chi connectivity index (χ3n) is 5.05. The Kier molecular flexibility index (Phi) is 7.57. The third-order valence-corrected chi connectivity index (χ3v) is 6.17. The summed E-state index contributed by atoms with van der Waals surface area (Å²) in [5.41, 5.74) is 2.45. The molecule has 4 aromatic rings. The molecule has 0 spiro atoms. The van der Waals surface area contributed by atoms with Gasteiger partial charge < -0.3 is 9.47 Å². The maximum Gasteiger partial charge on any atom is 0.421 e. The molecule has 9 nitrogen and oxygen atoms in total. The molecule has 0 bridgehead atoms. The number of hydrogen-bond acceptors (Lipinski definition) is 8. The minimum atomic E-state index is -0.724. The summed E-state index contributed by atoms with van der Waals surface area (Å²) in [5.74, 6) is -0.324. The fourth-order valence-electron chi connectivity index (χ4n) is 3.19. The number of thiazole rings is 1. The molecule has 1 amide bonds. The second-order valence-electron chi connectivity index (χ2n) is 7.42. The van der Waals surface area contributed by atoms with Crippen molar-refractivity contribution in [1.82, 2.24) is 4.98 Å². The average Bonchev–Trinajstić information content (AvgIpc) is 3.37. The lowest BCUT2D eigenvalue weighted by Crippen LogP contribution is -2.33. The zero-order valence-electron chi connectivity index (χ0n) is 18.8. The summed E-state index contributed by atoms with van der Waals surface area (Å²) in [5, 5.41) is 13.7. The van der Waals surface area contributed by atoms with Crippen molar-refractivity contribution in [3.8, 4) is 17.0 Å². The molecule has 182 valence electrons. The molecule has 4 rings (SSSR count). The molecule has 1 heterocycles. The van der Waals surface area contributed by atoms with E-state index in [0.29, 0.717) is 27.0 Å². The van der Waals surface area contributed by atoms with Crippen molar-refractivity contribution in [2.45, 2.75) is 6.54 Å². The van der Waals surface area contributed by atoms with Gasteiger partial charge in [-0.2, -0.15) is 0 Å². The molecule has 0 aliphatic carbocycles. The van der Waals surface area contributed by atoms with Crippen LogP contribution in [0, 0.1) is 10.1 Å². The SMILES string of the molecule is COC(=O)c1ccc(CN(C(=O)Oc2ccc([N+](=O)[O-])cc2)c2nc(-c3ccc(Cl)cc3)cs2)cc1. The van der Waals surface area contributed by atoms with E-state index in [9.17, 15) is 19.7 Å². The molecular weight excluding hydrogens is 506 g/mol. The maximum atomic E-state index is 13.2. The predicted molar refractivity (Wildman–Crippen MR) is 136 cm³/mol. The molecule has 3 aromatic carbocycles. The second-order valence-corrected chi connectivity index (χ2v) is 8.69. The van der Waals surface area contributed by atoms with Crippen LogP contribution >= 0.6 is 22.9 Å². The number of carbonyl (C=O) groups excluding carboxylic acids is 2. The molecule has 0 atom stereocenters. The van der Waals surface area contributed by atoms with E-state index in [1.807, 2.05) is 17.5 Å². The van der Waals surface area contributed by atoms with Crippen LogP contribution in [0.4, 0.5) is 15.6 Å². The number of carbonyl (C=O) groups is 2. The molecule has 0 unspecified atom stereocenters. The van der Waals surface area contributed by atoms with Crippen LogP contribution < -0.4 is 9.64 Å². The first-order valence-electron chi connectivity index (χ1n) is 10.5. The van der Waals surface area contributed by atoms with Gasteiger partial charge in [0.15, 0.2) is 5.13 Å². The molecule has 0 radical (unpaired) electrons. The van der Waals surface area contributed by atoms with E-state index in [1.165, 1.54) is 47.6 Å². The minimum absolute atomic E-state index is 0.0981. The number of aromatic nitrogens is 1. The Bertz CT molecular complexity index is 1390. The number of esters is 1. The van der Waals surface area contributed by atoms with Crippen LogP contribution in [0.3, 0.4) is 0 Å². The Morgan fingerprint density at radius 1 is 1.03 bits per heavy atom. The fraction of sp³-hybridized carbons (Fsp3) is 0.0800. The molecular formula is C25H18ClN3O6S. The summed E-state index contributed by atoms with van der Waals surface area (Å²) in [6.45, 7) is 0.0981. The van der Waals surface area contributed by atoms with Crippen molar-refractivity contribution in [3.05, 3.63) is 104 Å². The number of nitro groups is 1. The van der Waals surface area contributed by atoms with Crippen LogP contribution in [-0.2, 0) is 11.3 Å². The first kappa shape index (κ1) is 24.8. The number of rotatable bonds is 7. The zero-order chi connectivity index (χ0) is 25.7. The topological polar surface area (TPSA) is 112 Å². The molecule has 1 aromatic heterocycles. The maximum absolute atomic E-state index is 13.2. The van der Waals surface area contributed by atoms with Crippen LogP contribution in [0.15, 0.2) is 78.2 Å². The molecule has 0 aliphatic heterocycles. The Morgan fingerprint density at radius 3 is 2.31 bits per heavy atom. The number of ether oxygens (including phenoxy) is 2. The van der Waals surface area contributed by atoms with Gasteiger partial charge in [0, 0.05) is 28.1 Å². The highest BCUT2D eigenvalue weighted by atomic mass is 35.5. The van der Waals surface area contributed by atoms with Gasteiger partial charge in [-0.05, 0) is 42.0 Å². The van der Waals surface area contributed by atoms with Crippen molar-refractivity contribution < 1.29 is 24.0 Å². The molecule has 0 fully saturated rings.